The average molecular weight is 231 g/mol. The number of piperazine rings is 1. The van der Waals surface area contributed by atoms with Gasteiger partial charge in [0, 0.05) is 25.2 Å². The number of hydrogen-bond donors (Lipinski definition) is 3. The molecule has 0 unspecified atom stereocenters. The zero-order chi connectivity index (χ0) is 10.8. The summed E-state index contributed by atoms with van der Waals surface area (Å²) in [5.74, 6) is -0.601. The molecule has 1 saturated heterocycles. The van der Waals surface area contributed by atoms with Crippen molar-refractivity contribution in [2.75, 3.05) is 19.6 Å². The Hall–Kier alpha value is -0.840. The second-order valence-electron chi connectivity index (χ2n) is 3.50. The number of rotatable bonds is 1. The average Bonchev–Trinajstić information content (AvgIpc) is 2.26. The van der Waals surface area contributed by atoms with Crippen LogP contribution in [-0.4, -0.2) is 24.7 Å². The molecule has 15 heavy (non-hydrogen) atoms. The molecule has 1 fully saturated rings. The molecule has 0 aromatic heterocycles. The van der Waals surface area contributed by atoms with Crippen LogP contribution in [0.1, 0.15) is 11.6 Å². The standard InChI is InChI=1S/C10H12ClFN2O/c11-6-1-2-7(12)9(10(6)15)8-5-13-3-4-14-8/h1-2,8,13-15H,3-5H2/t8-/m1/s1. The van der Waals surface area contributed by atoms with Gasteiger partial charge in [0.05, 0.1) is 11.1 Å². The van der Waals surface area contributed by atoms with Crippen LogP contribution in [0.2, 0.25) is 5.02 Å². The van der Waals surface area contributed by atoms with E-state index in [0.29, 0.717) is 6.54 Å². The highest BCUT2D eigenvalue weighted by molar-refractivity contribution is 6.32. The molecule has 5 heteroatoms. The zero-order valence-corrected chi connectivity index (χ0v) is 8.81. The quantitative estimate of drug-likeness (QED) is 0.684. The molecule has 2 rings (SSSR count). The summed E-state index contributed by atoms with van der Waals surface area (Å²) >= 11 is 5.74. The molecule has 1 aromatic carbocycles. The number of aromatic hydroxyl groups is 1. The lowest BCUT2D eigenvalue weighted by Crippen LogP contribution is -2.43. The normalized spacial score (nSPS) is 21.6. The topological polar surface area (TPSA) is 44.3 Å². The third-order valence-electron chi connectivity index (χ3n) is 2.50. The van der Waals surface area contributed by atoms with Gasteiger partial charge in [0.2, 0.25) is 0 Å². The number of phenolic OH excluding ortho intramolecular Hbond substituents is 1. The molecule has 0 spiro atoms. The first-order valence-electron chi connectivity index (χ1n) is 4.81. The predicted molar refractivity (Wildman–Crippen MR) is 56.7 cm³/mol. The Kier molecular flexibility index (Phi) is 3.09. The van der Waals surface area contributed by atoms with Crippen molar-refractivity contribution < 1.29 is 9.50 Å². The molecule has 1 heterocycles. The summed E-state index contributed by atoms with van der Waals surface area (Å²) in [5, 5.41) is 16.1. The summed E-state index contributed by atoms with van der Waals surface area (Å²) in [6, 6.07) is 2.40. The van der Waals surface area contributed by atoms with Crippen LogP contribution in [0, 0.1) is 5.82 Å². The van der Waals surface area contributed by atoms with E-state index in [-0.39, 0.29) is 22.4 Å². The van der Waals surface area contributed by atoms with E-state index in [1.807, 2.05) is 0 Å². The SMILES string of the molecule is Oc1c(Cl)ccc(F)c1[C@H]1CNCCN1. The number of phenols is 1. The van der Waals surface area contributed by atoms with Crippen molar-refractivity contribution in [2.45, 2.75) is 6.04 Å². The molecule has 1 aliphatic rings. The number of hydrogen-bond acceptors (Lipinski definition) is 3. The monoisotopic (exact) mass is 230 g/mol. The Bertz CT molecular complexity index is 367. The first-order chi connectivity index (χ1) is 7.20. The highest BCUT2D eigenvalue weighted by atomic mass is 35.5. The van der Waals surface area contributed by atoms with Crippen molar-refractivity contribution in [3.05, 3.63) is 28.5 Å². The summed E-state index contributed by atoms with van der Waals surface area (Å²) in [6.45, 7) is 2.18. The second-order valence-corrected chi connectivity index (χ2v) is 3.91. The molecule has 0 aliphatic carbocycles. The van der Waals surface area contributed by atoms with Gasteiger partial charge in [0.1, 0.15) is 11.6 Å². The molecule has 1 aromatic rings. The molecular formula is C10H12ClFN2O. The summed E-state index contributed by atoms with van der Waals surface area (Å²) in [6.07, 6.45) is 0. The maximum atomic E-state index is 13.5. The van der Waals surface area contributed by atoms with E-state index in [1.165, 1.54) is 12.1 Å². The first kappa shape index (κ1) is 10.7. The second kappa shape index (κ2) is 4.35. The van der Waals surface area contributed by atoms with Gasteiger partial charge in [-0.2, -0.15) is 0 Å². The van der Waals surface area contributed by atoms with Crippen LogP contribution in [0.5, 0.6) is 5.75 Å². The highest BCUT2D eigenvalue weighted by Crippen LogP contribution is 2.33. The van der Waals surface area contributed by atoms with E-state index in [9.17, 15) is 9.50 Å². The molecular weight excluding hydrogens is 219 g/mol. The van der Waals surface area contributed by atoms with Gasteiger partial charge in [-0.1, -0.05) is 11.6 Å². The van der Waals surface area contributed by atoms with Crippen molar-refractivity contribution in [3.63, 3.8) is 0 Å². The Balaban J connectivity index is 2.36. The van der Waals surface area contributed by atoms with Crippen molar-refractivity contribution in [2.24, 2.45) is 0 Å². The van der Waals surface area contributed by atoms with Crippen molar-refractivity contribution >= 4 is 11.6 Å². The van der Waals surface area contributed by atoms with Crippen molar-refractivity contribution in [1.82, 2.24) is 10.6 Å². The summed E-state index contributed by atoms with van der Waals surface area (Å²) in [7, 11) is 0. The molecule has 1 aliphatic heterocycles. The third-order valence-corrected chi connectivity index (χ3v) is 2.81. The van der Waals surface area contributed by atoms with Crippen LogP contribution in [0.3, 0.4) is 0 Å². The van der Waals surface area contributed by atoms with Crippen LogP contribution in [0.15, 0.2) is 12.1 Å². The maximum Gasteiger partial charge on any atom is 0.141 e. The van der Waals surface area contributed by atoms with Gasteiger partial charge in [0.15, 0.2) is 0 Å². The lowest BCUT2D eigenvalue weighted by atomic mass is 10.0. The minimum Gasteiger partial charge on any atom is -0.506 e. The minimum absolute atomic E-state index is 0.169. The summed E-state index contributed by atoms with van der Waals surface area (Å²) < 4.78 is 13.5. The van der Waals surface area contributed by atoms with Crippen LogP contribution in [-0.2, 0) is 0 Å². The van der Waals surface area contributed by atoms with Crippen molar-refractivity contribution in [1.29, 1.82) is 0 Å². The van der Waals surface area contributed by atoms with E-state index in [1.54, 1.807) is 0 Å². The van der Waals surface area contributed by atoms with Gasteiger partial charge in [-0.25, -0.2) is 4.39 Å². The lowest BCUT2D eigenvalue weighted by molar-refractivity contribution is 0.390. The maximum absolute atomic E-state index is 13.5. The minimum atomic E-state index is -0.432. The van der Waals surface area contributed by atoms with E-state index >= 15 is 0 Å². The molecule has 1 atom stereocenters. The fraction of sp³-hybridized carbons (Fsp3) is 0.400. The lowest BCUT2D eigenvalue weighted by Gasteiger charge is -2.25. The van der Waals surface area contributed by atoms with Gasteiger partial charge in [0.25, 0.3) is 0 Å². The van der Waals surface area contributed by atoms with Gasteiger partial charge in [-0.15, -0.1) is 0 Å². The van der Waals surface area contributed by atoms with E-state index < -0.39 is 5.82 Å². The van der Waals surface area contributed by atoms with Crippen LogP contribution in [0.25, 0.3) is 0 Å². The molecule has 0 radical (unpaired) electrons. The molecule has 3 nitrogen and oxygen atoms in total. The van der Waals surface area contributed by atoms with Gasteiger partial charge < -0.3 is 15.7 Å². The third kappa shape index (κ3) is 2.07. The Morgan fingerprint density at radius 3 is 2.87 bits per heavy atom. The highest BCUT2D eigenvalue weighted by Gasteiger charge is 2.22. The van der Waals surface area contributed by atoms with Crippen LogP contribution >= 0.6 is 11.6 Å². The van der Waals surface area contributed by atoms with Gasteiger partial charge in [-0.05, 0) is 12.1 Å². The predicted octanol–water partition coefficient (Wildman–Crippen LogP) is 1.42. The smallest absolute Gasteiger partial charge is 0.141 e. The largest absolute Gasteiger partial charge is 0.506 e. The molecule has 0 bridgehead atoms. The number of benzene rings is 1. The Morgan fingerprint density at radius 1 is 1.40 bits per heavy atom. The fourth-order valence-electron chi connectivity index (χ4n) is 1.75. The van der Waals surface area contributed by atoms with Gasteiger partial charge >= 0.3 is 0 Å². The summed E-state index contributed by atoms with van der Waals surface area (Å²) in [4.78, 5) is 0. The van der Waals surface area contributed by atoms with E-state index in [0.717, 1.165) is 13.1 Å². The molecule has 0 amide bonds. The number of nitrogens with one attached hydrogen (secondary N) is 2. The van der Waals surface area contributed by atoms with Crippen LogP contribution in [0.4, 0.5) is 4.39 Å². The fourth-order valence-corrected chi connectivity index (χ4v) is 1.91. The van der Waals surface area contributed by atoms with E-state index in [4.69, 9.17) is 11.6 Å². The molecule has 82 valence electrons. The van der Waals surface area contributed by atoms with Gasteiger partial charge in [-0.3, -0.25) is 0 Å². The van der Waals surface area contributed by atoms with Crippen molar-refractivity contribution in [3.8, 4) is 5.75 Å². The summed E-state index contributed by atoms with van der Waals surface area (Å²) in [5.41, 5.74) is 0.245. The molecule has 3 N–H and O–H groups in total. The van der Waals surface area contributed by atoms with E-state index in [2.05, 4.69) is 10.6 Å². The zero-order valence-electron chi connectivity index (χ0n) is 8.06. The number of halogens is 2. The van der Waals surface area contributed by atoms with Crippen LogP contribution < -0.4 is 10.6 Å². The molecule has 0 saturated carbocycles. The Labute approximate surface area is 92.2 Å². The first-order valence-corrected chi connectivity index (χ1v) is 5.19. The Morgan fingerprint density at radius 2 is 2.20 bits per heavy atom.